The van der Waals surface area contributed by atoms with Gasteiger partial charge in [-0.1, -0.05) is 0 Å². The largest absolute Gasteiger partial charge is 0.489 e. The summed E-state index contributed by atoms with van der Waals surface area (Å²) in [5.74, 6) is 0.432. The van der Waals surface area contributed by atoms with Gasteiger partial charge in [-0.25, -0.2) is 0 Å². The Morgan fingerprint density at radius 3 is 2.37 bits per heavy atom. The molecule has 2 fully saturated rings. The van der Waals surface area contributed by atoms with Crippen LogP contribution in [0.2, 0.25) is 0 Å². The number of rotatable bonds is 7. The van der Waals surface area contributed by atoms with Gasteiger partial charge in [0.15, 0.2) is 0 Å². The molecule has 6 heteroatoms. The van der Waals surface area contributed by atoms with Crippen LogP contribution in [-0.4, -0.2) is 35.2 Å². The highest BCUT2D eigenvalue weighted by Gasteiger charge is 2.26. The van der Waals surface area contributed by atoms with E-state index >= 15 is 0 Å². The van der Waals surface area contributed by atoms with Crippen molar-refractivity contribution in [3.8, 4) is 5.75 Å². The van der Waals surface area contributed by atoms with E-state index in [0.29, 0.717) is 11.5 Å². The molecular formula is C21H30N2O4. The molecule has 0 aliphatic heterocycles. The summed E-state index contributed by atoms with van der Waals surface area (Å²) in [6.07, 6.45) is 7.92. The van der Waals surface area contributed by atoms with Crippen molar-refractivity contribution >= 4 is 11.9 Å². The normalized spacial score (nSPS) is 27.9. The van der Waals surface area contributed by atoms with Gasteiger partial charge in [0.1, 0.15) is 11.9 Å². The molecule has 0 heterocycles. The SMILES string of the molecule is N[C@H]1CCC[C@H]1Oc1ccc(C(=O)NC2CCC(CCC(=O)O)CC2)cc1. The van der Waals surface area contributed by atoms with Gasteiger partial charge in [0.2, 0.25) is 0 Å². The molecule has 1 aromatic rings. The standard InChI is InChI=1S/C21H30N2O4/c22-18-2-1-3-19(18)27-17-11-7-15(8-12-17)21(26)23-16-9-4-14(5-10-16)6-13-20(24)25/h7-8,11-12,14,16,18-19H,1-6,9-10,13,22H2,(H,23,26)(H,24,25)/t14?,16?,18-,19+/m0/s1. The van der Waals surface area contributed by atoms with Gasteiger partial charge < -0.3 is 20.9 Å². The maximum absolute atomic E-state index is 12.5. The Bertz CT molecular complexity index is 638. The molecule has 0 bridgehead atoms. The van der Waals surface area contributed by atoms with E-state index in [-0.39, 0.29) is 30.5 Å². The Morgan fingerprint density at radius 2 is 1.78 bits per heavy atom. The summed E-state index contributed by atoms with van der Waals surface area (Å²) in [5.41, 5.74) is 6.66. The van der Waals surface area contributed by atoms with Gasteiger partial charge in [0.25, 0.3) is 5.91 Å². The molecule has 2 saturated carbocycles. The summed E-state index contributed by atoms with van der Waals surface area (Å²) in [4.78, 5) is 23.1. The molecule has 2 aliphatic rings. The van der Waals surface area contributed by atoms with Crippen LogP contribution >= 0.6 is 0 Å². The summed E-state index contributed by atoms with van der Waals surface area (Å²) in [6.45, 7) is 0. The molecule has 1 aromatic carbocycles. The van der Waals surface area contributed by atoms with Crippen molar-refractivity contribution in [1.82, 2.24) is 5.32 Å². The predicted octanol–water partition coefficient (Wildman–Crippen LogP) is 3.10. The van der Waals surface area contributed by atoms with E-state index in [2.05, 4.69) is 5.32 Å². The van der Waals surface area contributed by atoms with Gasteiger partial charge in [-0.15, -0.1) is 0 Å². The van der Waals surface area contributed by atoms with Crippen molar-refractivity contribution in [2.24, 2.45) is 11.7 Å². The molecule has 0 spiro atoms. The highest BCUT2D eigenvalue weighted by Crippen LogP contribution is 2.28. The molecule has 6 nitrogen and oxygen atoms in total. The molecular weight excluding hydrogens is 344 g/mol. The summed E-state index contributed by atoms with van der Waals surface area (Å²) < 4.78 is 5.93. The van der Waals surface area contributed by atoms with E-state index in [1.807, 2.05) is 12.1 Å². The lowest BCUT2D eigenvalue weighted by Gasteiger charge is -2.28. The van der Waals surface area contributed by atoms with Gasteiger partial charge in [-0.3, -0.25) is 9.59 Å². The molecule has 0 unspecified atom stereocenters. The third kappa shape index (κ3) is 5.70. The summed E-state index contributed by atoms with van der Waals surface area (Å²) in [6, 6.07) is 7.53. The average molecular weight is 374 g/mol. The molecule has 0 saturated heterocycles. The molecule has 3 rings (SSSR count). The topological polar surface area (TPSA) is 102 Å². The Morgan fingerprint density at radius 1 is 1.07 bits per heavy atom. The molecule has 0 radical (unpaired) electrons. The molecule has 0 aromatic heterocycles. The summed E-state index contributed by atoms with van der Waals surface area (Å²) in [5, 5.41) is 11.9. The van der Waals surface area contributed by atoms with Crippen LogP contribution in [0.4, 0.5) is 0 Å². The molecule has 2 atom stereocenters. The number of nitrogens with two attached hydrogens (primary N) is 1. The summed E-state index contributed by atoms with van der Waals surface area (Å²) >= 11 is 0. The number of hydrogen-bond donors (Lipinski definition) is 3. The Hall–Kier alpha value is -2.08. The zero-order chi connectivity index (χ0) is 19.2. The van der Waals surface area contributed by atoms with Crippen LogP contribution in [0, 0.1) is 5.92 Å². The minimum atomic E-state index is -0.729. The van der Waals surface area contributed by atoms with Gasteiger partial charge in [-0.05, 0) is 81.5 Å². The second-order valence-electron chi connectivity index (χ2n) is 7.90. The third-order valence-corrected chi connectivity index (χ3v) is 5.86. The number of carbonyl (C=O) groups excluding carboxylic acids is 1. The van der Waals surface area contributed by atoms with E-state index in [4.69, 9.17) is 15.6 Å². The fourth-order valence-electron chi connectivity index (χ4n) is 4.15. The lowest BCUT2D eigenvalue weighted by Crippen LogP contribution is -2.37. The van der Waals surface area contributed by atoms with Crippen molar-refractivity contribution in [2.45, 2.75) is 76.0 Å². The predicted molar refractivity (Wildman–Crippen MR) is 103 cm³/mol. The number of aliphatic carboxylic acids is 1. The van der Waals surface area contributed by atoms with Gasteiger partial charge in [-0.2, -0.15) is 0 Å². The number of carbonyl (C=O) groups is 2. The fourth-order valence-corrected chi connectivity index (χ4v) is 4.15. The van der Waals surface area contributed by atoms with Crippen molar-refractivity contribution in [3.05, 3.63) is 29.8 Å². The molecule has 27 heavy (non-hydrogen) atoms. The zero-order valence-electron chi connectivity index (χ0n) is 15.7. The number of hydrogen-bond acceptors (Lipinski definition) is 4. The van der Waals surface area contributed by atoms with Crippen LogP contribution < -0.4 is 15.8 Å². The van der Waals surface area contributed by atoms with E-state index in [9.17, 15) is 9.59 Å². The Kier molecular flexibility index (Phi) is 6.72. The number of amides is 1. The maximum Gasteiger partial charge on any atom is 0.303 e. The number of ether oxygens (including phenoxy) is 1. The van der Waals surface area contributed by atoms with Crippen molar-refractivity contribution in [1.29, 1.82) is 0 Å². The number of nitrogens with one attached hydrogen (secondary N) is 1. The fraction of sp³-hybridized carbons (Fsp3) is 0.619. The first kappa shape index (κ1) is 19.7. The Balaban J connectivity index is 1.44. The van der Waals surface area contributed by atoms with Crippen LogP contribution in [0.1, 0.15) is 68.1 Å². The highest BCUT2D eigenvalue weighted by atomic mass is 16.5. The second-order valence-corrected chi connectivity index (χ2v) is 7.90. The minimum absolute atomic E-state index is 0.0619. The van der Waals surface area contributed by atoms with Gasteiger partial charge >= 0.3 is 5.97 Å². The zero-order valence-corrected chi connectivity index (χ0v) is 15.7. The molecule has 4 N–H and O–H groups in total. The van der Waals surface area contributed by atoms with E-state index in [1.54, 1.807) is 12.1 Å². The second kappa shape index (κ2) is 9.22. The quantitative estimate of drug-likeness (QED) is 0.681. The smallest absolute Gasteiger partial charge is 0.303 e. The lowest BCUT2D eigenvalue weighted by molar-refractivity contribution is -0.137. The number of carboxylic acid groups (broad SMARTS) is 1. The van der Waals surface area contributed by atoms with Crippen molar-refractivity contribution in [3.63, 3.8) is 0 Å². The first-order chi connectivity index (χ1) is 13.0. The van der Waals surface area contributed by atoms with Crippen molar-refractivity contribution < 1.29 is 19.4 Å². The van der Waals surface area contributed by atoms with Crippen LogP contribution in [0.3, 0.4) is 0 Å². The third-order valence-electron chi connectivity index (χ3n) is 5.86. The lowest BCUT2D eigenvalue weighted by atomic mass is 9.83. The average Bonchev–Trinajstić information content (AvgIpc) is 3.06. The minimum Gasteiger partial charge on any atom is -0.489 e. The first-order valence-corrected chi connectivity index (χ1v) is 10.1. The Labute approximate surface area is 160 Å². The van der Waals surface area contributed by atoms with Crippen LogP contribution in [0.5, 0.6) is 5.75 Å². The first-order valence-electron chi connectivity index (χ1n) is 10.1. The van der Waals surface area contributed by atoms with Crippen LogP contribution in [0.15, 0.2) is 24.3 Å². The van der Waals surface area contributed by atoms with Gasteiger partial charge in [0, 0.05) is 24.1 Å². The molecule has 148 valence electrons. The number of benzene rings is 1. The van der Waals surface area contributed by atoms with E-state index in [0.717, 1.165) is 57.1 Å². The van der Waals surface area contributed by atoms with E-state index < -0.39 is 5.97 Å². The van der Waals surface area contributed by atoms with E-state index in [1.165, 1.54) is 0 Å². The summed E-state index contributed by atoms with van der Waals surface area (Å²) in [7, 11) is 0. The number of carboxylic acids is 1. The monoisotopic (exact) mass is 374 g/mol. The van der Waals surface area contributed by atoms with Crippen LogP contribution in [-0.2, 0) is 4.79 Å². The molecule has 1 amide bonds. The van der Waals surface area contributed by atoms with Crippen LogP contribution in [0.25, 0.3) is 0 Å². The highest BCUT2D eigenvalue weighted by molar-refractivity contribution is 5.94. The molecule has 2 aliphatic carbocycles. The van der Waals surface area contributed by atoms with Gasteiger partial charge in [0.05, 0.1) is 0 Å². The maximum atomic E-state index is 12.5. The van der Waals surface area contributed by atoms with Crippen molar-refractivity contribution in [2.75, 3.05) is 0 Å².